The van der Waals surface area contributed by atoms with Gasteiger partial charge in [-0.25, -0.2) is 8.42 Å². The number of para-hydroxylation sites is 1. The Kier molecular flexibility index (Phi) is 4.44. The molecule has 0 bridgehead atoms. The van der Waals surface area contributed by atoms with E-state index in [4.69, 9.17) is 0 Å². The van der Waals surface area contributed by atoms with Gasteiger partial charge in [-0.05, 0) is 52.9 Å². The van der Waals surface area contributed by atoms with E-state index in [1.54, 1.807) is 36.4 Å². The smallest absolute Gasteiger partial charge is 0.255 e. The fourth-order valence-electron chi connectivity index (χ4n) is 1.72. The third kappa shape index (κ3) is 3.57. The van der Waals surface area contributed by atoms with Crippen LogP contribution in [0.25, 0.3) is 0 Å². The Morgan fingerprint density at radius 1 is 1.10 bits per heavy atom. The van der Waals surface area contributed by atoms with E-state index in [0.717, 1.165) is 9.83 Å². The highest BCUT2D eigenvalue weighted by atomic mass is 127. The molecule has 0 aliphatic heterocycles. The Hall–Kier alpha value is -1.41. The van der Waals surface area contributed by atoms with Crippen molar-refractivity contribution in [2.45, 2.75) is 4.90 Å². The van der Waals surface area contributed by atoms with Gasteiger partial charge in [0.2, 0.25) is 0 Å². The van der Waals surface area contributed by atoms with E-state index >= 15 is 0 Å². The van der Waals surface area contributed by atoms with E-state index in [9.17, 15) is 13.2 Å². The Morgan fingerprint density at radius 3 is 2.45 bits per heavy atom. The maximum atomic E-state index is 12.1. The van der Waals surface area contributed by atoms with Gasteiger partial charge in [-0.2, -0.15) is 0 Å². The summed E-state index contributed by atoms with van der Waals surface area (Å²) >= 11 is 2.11. The van der Waals surface area contributed by atoms with Crippen molar-refractivity contribution in [2.24, 2.45) is 0 Å². The number of hydrogen-bond donors (Lipinski definition) is 1. The lowest BCUT2D eigenvalue weighted by molar-refractivity contribution is 0.102. The van der Waals surface area contributed by atoms with Crippen LogP contribution in [0, 0.1) is 3.57 Å². The standard InChI is InChI=1S/C14H12INO3S/c1-20(18,19)13-8-3-2-7-12(13)16-14(17)10-5-4-6-11(15)9-10/h2-9H,1H3,(H,16,17). The zero-order valence-corrected chi connectivity index (χ0v) is 13.6. The molecule has 20 heavy (non-hydrogen) atoms. The second-order valence-electron chi connectivity index (χ2n) is 4.23. The zero-order chi connectivity index (χ0) is 14.8. The average Bonchev–Trinajstić information content (AvgIpc) is 2.38. The molecule has 1 amide bonds. The Bertz CT molecular complexity index is 757. The lowest BCUT2D eigenvalue weighted by Gasteiger charge is -2.09. The van der Waals surface area contributed by atoms with Crippen LogP contribution >= 0.6 is 22.6 Å². The predicted molar refractivity (Wildman–Crippen MR) is 86.7 cm³/mol. The number of hydrogen-bond acceptors (Lipinski definition) is 3. The number of benzene rings is 2. The molecule has 0 atom stereocenters. The number of halogens is 1. The molecule has 2 aromatic carbocycles. The highest BCUT2D eigenvalue weighted by Gasteiger charge is 2.15. The van der Waals surface area contributed by atoms with Crippen molar-refractivity contribution in [3.8, 4) is 0 Å². The van der Waals surface area contributed by atoms with Crippen LogP contribution in [0.1, 0.15) is 10.4 Å². The lowest BCUT2D eigenvalue weighted by Crippen LogP contribution is -2.14. The summed E-state index contributed by atoms with van der Waals surface area (Å²) < 4.78 is 24.3. The van der Waals surface area contributed by atoms with Crippen molar-refractivity contribution in [3.63, 3.8) is 0 Å². The summed E-state index contributed by atoms with van der Waals surface area (Å²) in [4.78, 5) is 12.2. The second-order valence-corrected chi connectivity index (χ2v) is 7.46. The Labute approximate surface area is 131 Å². The van der Waals surface area contributed by atoms with Crippen molar-refractivity contribution in [1.82, 2.24) is 0 Å². The number of anilines is 1. The Morgan fingerprint density at radius 2 is 1.80 bits per heavy atom. The summed E-state index contributed by atoms with van der Waals surface area (Å²) in [6.07, 6.45) is 1.11. The summed E-state index contributed by atoms with van der Waals surface area (Å²) in [6.45, 7) is 0. The third-order valence-electron chi connectivity index (χ3n) is 2.62. The highest BCUT2D eigenvalue weighted by molar-refractivity contribution is 14.1. The molecule has 0 unspecified atom stereocenters. The van der Waals surface area contributed by atoms with Gasteiger partial charge < -0.3 is 5.32 Å². The van der Waals surface area contributed by atoms with Gasteiger partial charge in [0.1, 0.15) is 0 Å². The maximum Gasteiger partial charge on any atom is 0.255 e. The molecule has 2 rings (SSSR count). The van der Waals surface area contributed by atoms with E-state index in [-0.39, 0.29) is 10.8 Å². The van der Waals surface area contributed by atoms with Gasteiger partial charge in [0, 0.05) is 15.4 Å². The van der Waals surface area contributed by atoms with Crippen molar-refractivity contribution < 1.29 is 13.2 Å². The first-order valence-electron chi connectivity index (χ1n) is 5.74. The topological polar surface area (TPSA) is 63.2 Å². The minimum atomic E-state index is -3.39. The monoisotopic (exact) mass is 401 g/mol. The first-order chi connectivity index (χ1) is 9.38. The molecule has 0 spiro atoms. The van der Waals surface area contributed by atoms with Crippen LogP contribution in [0.3, 0.4) is 0 Å². The van der Waals surface area contributed by atoms with Crippen LogP contribution in [0.2, 0.25) is 0 Å². The van der Waals surface area contributed by atoms with Crippen molar-refractivity contribution >= 4 is 44.0 Å². The lowest BCUT2D eigenvalue weighted by atomic mass is 10.2. The third-order valence-corrected chi connectivity index (χ3v) is 4.45. The first kappa shape index (κ1) is 15.0. The minimum Gasteiger partial charge on any atom is -0.321 e. The van der Waals surface area contributed by atoms with Crippen molar-refractivity contribution in [3.05, 3.63) is 57.7 Å². The molecule has 0 saturated heterocycles. The number of carbonyl (C=O) groups is 1. The molecule has 104 valence electrons. The molecule has 0 aliphatic carbocycles. The first-order valence-corrected chi connectivity index (χ1v) is 8.71. The van der Waals surface area contributed by atoms with Crippen LogP contribution in [0.15, 0.2) is 53.4 Å². The van der Waals surface area contributed by atoms with Gasteiger partial charge in [-0.1, -0.05) is 18.2 Å². The van der Waals surface area contributed by atoms with Crippen LogP contribution in [-0.2, 0) is 9.84 Å². The van der Waals surface area contributed by atoms with Gasteiger partial charge in [-0.15, -0.1) is 0 Å². The van der Waals surface area contributed by atoms with E-state index in [1.165, 1.54) is 6.07 Å². The van der Waals surface area contributed by atoms with Gasteiger partial charge in [0.25, 0.3) is 5.91 Å². The number of amides is 1. The normalized spacial score (nSPS) is 11.1. The van der Waals surface area contributed by atoms with Gasteiger partial charge in [0.15, 0.2) is 9.84 Å². The Balaban J connectivity index is 2.34. The summed E-state index contributed by atoms with van der Waals surface area (Å²) in [5.41, 5.74) is 0.777. The van der Waals surface area contributed by atoms with Crippen LogP contribution in [-0.4, -0.2) is 20.6 Å². The van der Waals surface area contributed by atoms with Gasteiger partial charge in [0.05, 0.1) is 10.6 Å². The molecule has 0 radical (unpaired) electrons. The summed E-state index contributed by atoms with van der Waals surface area (Å²) in [7, 11) is -3.39. The van der Waals surface area contributed by atoms with E-state index in [2.05, 4.69) is 27.9 Å². The molecular weight excluding hydrogens is 389 g/mol. The largest absolute Gasteiger partial charge is 0.321 e. The zero-order valence-electron chi connectivity index (χ0n) is 10.6. The molecule has 0 fully saturated rings. The van der Waals surface area contributed by atoms with Crippen LogP contribution < -0.4 is 5.32 Å². The fraction of sp³-hybridized carbons (Fsp3) is 0.0714. The van der Waals surface area contributed by atoms with Crippen molar-refractivity contribution in [1.29, 1.82) is 0 Å². The molecule has 6 heteroatoms. The van der Waals surface area contributed by atoms with Crippen LogP contribution in [0.4, 0.5) is 5.69 Å². The molecular formula is C14H12INO3S. The maximum absolute atomic E-state index is 12.1. The molecule has 0 aromatic heterocycles. The van der Waals surface area contributed by atoms with E-state index in [1.807, 2.05) is 6.07 Å². The van der Waals surface area contributed by atoms with E-state index in [0.29, 0.717) is 11.3 Å². The SMILES string of the molecule is CS(=O)(=O)c1ccccc1NC(=O)c1cccc(I)c1. The summed E-state index contributed by atoms with van der Waals surface area (Å²) in [6, 6.07) is 13.4. The number of sulfone groups is 1. The van der Waals surface area contributed by atoms with Gasteiger partial charge >= 0.3 is 0 Å². The summed E-state index contributed by atoms with van der Waals surface area (Å²) in [5.74, 6) is -0.334. The van der Waals surface area contributed by atoms with Crippen LogP contribution in [0.5, 0.6) is 0 Å². The molecule has 2 aromatic rings. The number of rotatable bonds is 3. The van der Waals surface area contributed by atoms with E-state index < -0.39 is 9.84 Å². The minimum absolute atomic E-state index is 0.110. The molecule has 0 aliphatic rings. The van der Waals surface area contributed by atoms with Gasteiger partial charge in [-0.3, -0.25) is 4.79 Å². The quantitative estimate of drug-likeness (QED) is 0.805. The second kappa shape index (κ2) is 5.92. The molecule has 1 N–H and O–H groups in total. The number of nitrogens with one attached hydrogen (secondary N) is 1. The van der Waals surface area contributed by atoms with Crippen molar-refractivity contribution in [2.75, 3.05) is 11.6 Å². The fourth-order valence-corrected chi connectivity index (χ4v) is 3.10. The molecule has 0 heterocycles. The molecule has 4 nitrogen and oxygen atoms in total. The molecule has 0 saturated carbocycles. The number of carbonyl (C=O) groups excluding carboxylic acids is 1. The predicted octanol–water partition coefficient (Wildman–Crippen LogP) is 2.95. The highest BCUT2D eigenvalue weighted by Crippen LogP contribution is 2.21. The average molecular weight is 401 g/mol. The summed E-state index contributed by atoms with van der Waals surface area (Å²) in [5, 5.41) is 2.64.